The van der Waals surface area contributed by atoms with Gasteiger partial charge in [-0.15, -0.1) is 0 Å². The molecule has 2 aromatic rings. The van der Waals surface area contributed by atoms with Crippen LogP contribution in [0, 0.1) is 3.57 Å². The fraction of sp³-hybridized carbons (Fsp3) is 0.467. The highest BCUT2D eigenvalue weighted by atomic mass is 127. The molecular weight excluding hydrogens is 379 g/mol. The Morgan fingerprint density at radius 3 is 2.81 bits per heavy atom. The van der Waals surface area contributed by atoms with Crippen LogP contribution in [0.25, 0.3) is 11.0 Å². The second kappa shape index (κ2) is 6.21. The normalized spacial score (nSPS) is 15.6. The van der Waals surface area contributed by atoms with E-state index in [1.807, 2.05) is 27.7 Å². The van der Waals surface area contributed by atoms with Gasteiger partial charge in [0.1, 0.15) is 0 Å². The van der Waals surface area contributed by atoms with E-state index in [1.54, 1.807) is 0 Å². The molecule has 2 heterocycles. The number of anilines is 1. The number of nitrogens with zero attached hydrogens (tertiary/aromatic N) is 3. The largest absolute Gasteiger partial charge is 0.369 e. The summed E-state index contributed by atoms with van der Waals surface area (Å²) in [6.07, 6.45) is 3.98. The van der Waals surface area contributed by atoms with Crippen molar-refractivity contribution in [2.75, 3.05) is 18.8 Å². The topological polar surface area (TPSA) is 64.1 Å². The quantitative estimate of drug-likeness (QED) is 0.809. The number of fused-ring (bicyclic) bond motifs is 1. The first kappa shape index (κ1) is 14.6. The van der Waals surface area contributed by atoms with Gasteiger partial charge in [-0.3, -0.25) is 4.79 Å². The Morgan fingerprint density at radius 2 is 2.05 bits per heavy atom. The van der Waals surface area contributed by atoms with Crippen LogP contribution in [0.4, 0.5) is 5.95 Å². The summed E-state index contributed by atoms with van der Waals surface area (Å²) in [4.78, 5) is 18.6. The molecule has 1 aromatic heterocycles. The van der Waals surface area contributed by atoms with Crippen molar-refractivity contribution in [3.63, 3.8) is 0 Å². The van der Waals surface area contributed by atoms with Gasteiger partial charge in [0.25, 0.3) is 0 Å². The maximum absolute atomic E-state index is 12.2. The summed E-state index contributed by atoms with van der Waals surface area (Å²) in [5.74, 6) is 0.708. The van der Waals surface area contributed by atoms with E-state index in [9.17, 15) is 4.79 Å². The molecule has 1 aromatic carbocycles. The molecule has 112 valence electrons. The molecule has 21 heavy (non-hydrogen) atoms. The molecule has 1 aliphatic rings. The van der Waals surface area contributed by atoms with E-state index in [4.69, 9.17) is 5.73 Å². The van der Waals surface area contributed by atoms with Crippen LogP contribution in [0.3, 0.4) is 0 Å². The molecule has 1 amide bonds. The van der Waals surface area contributed by atoms with Crippen molar-refractivity contribution in [3.05, 3.63) is 21.8 Å². The number of hydrogen-bond acceptors (Lipinski definition) is 3. The average molecular weight is 398 g/mol. The van der Waals surface area contributed by atoms with Crippen molar-refractivity contribution < 1.29 is 4.79 Å². The number of carbonyl (C=O) groups excluding carboxylic acids is 1. The SMILES string of the molecule is Nc1nc2cc(I)ccc2n1CCC(=O)N1CCCCC1. The van der Waals surface area contributed by atoms with Crippen molar-refractivity contribution in [2.24, 2.45) is 0 Å². The standard InChI is InChI=1S/C15H19IN4O/c16-11-4-5-13-12(10-11)18-15(17)20(13)9-6-14(21)19-7-2-1-3-8-19/h4-5,10H,1-3,6-9H2,(H2,17,18). The van der Waals surface area contributed by atoms with Crippen molar-refractivity contribution in [3.8, 4) is 0 Å². The van der Waals surface area contributed by atoms with E-state index in [1.165, 1.54) is 6.42 Å². The van der Waals surface area contributed by atoms with Gasteiger partial charge in [0.2, 0.25) is 11.9 Å². The Hall–Kier alpha value is -1.31. The van der Waals surface area contributed by atoms with Crippen LogP contribution in [-0.2, 0) is 11.3 Å². The Labute approximate surface area is 137 Å². The molecule has 0 saturated carbocycles. The third kappa shape index (κ3) is 3.14. The number of aryl methyl sites for hydroxylation is 1. The zero-order valence-corrected chi connectivity index (χ0v) is 14.0. The minimum Gasteiger partial charge on any atom is -0.369 e. The maximum Gasteiger partial charge on any atom is 0.224 e. The number of rotatable bonds is 3. The van der Waals surface area contributed by atoms with E-state index in [0.29, 0.717) is 18.9 Å². The third-order valence-corrected chi connectivity index (χ3v) is 4.67. The number of benzene rings is 1. The highest BCUT2D eigenvalue weighted by Gasteiger charge is 2.17. The fourth-order valence-electron chi connectivity index (χ4n) is 2.87. The van der Waals surface area contributed by atoms with Gasteiger partial charge in [-0.05, 0) is 60.1 Å². The Morgan fingerprint density at radius 1 is 1.29 bits per heavy atom. The van der Waals surface area contributed by atoms with Gasteiger partial charge in [-0.2, -0.15) is 0 Å². The molecule has 1 saturated heterocycles. The summed E-state index contributed by atoms with van der Waals surface area (Å²) in [5, 5.41) is 0. The minimum absolute atomic E-state index is 0.224. The van der Waals surface area contributed by atoms with Gasteiger partial charge in [0.15, 0.2) is 0 Å². The van der Waals surface area contributed by atoms with Gasteiger partial charge >= 0.3 is 0 Å². The van der Waals surface area contributed by atoms with Gasteiger partial charge in [0.05, 0.1) is 11.0 Å². The number of hydrogen-bond donors (Lipinski definition) is 1. The lowest BCUT2D eigenvalue weighted by atomic mass is 10.1. The highest BCUT2D eigenvalue weighted by molar-refractivity contribution is 14.1. The first-order chi connectivity index (χ1) is 10.1. The summed E-state index contributed by atoms with van der Waals surface area (Å²) < 4.78 is 3.07. The maximum atomic E-state index is 12.2. The number of nitrogen functional groups attached to an aromatic ring is 1. The van der Waals surface area contributed by atoms with Crippen LogP contribution >= 0.6 is 22.6 Å². The van der Waals surface area contributed by atoms with Crippen LogP contribution in [-0.4, -0.2) is 33.4 Å². The molecule has 3 rings (SSSR count). The van der Waals surface area contributed by atoms with Gasteiger partial charge in [-0.25, -0.2) is 4.98 Å². The molecule has 1 aliphatic heterocycles. The molecule has 0 spiro atoms. The van der Waals surface area contributed by atoms with E-state index in [0.717, 1.165) is 40.5 Å². The van der Waals surface area contributed by atoms with Crippen LogP contribution < -0.4 is 5.73 Å². The molecular formula is C15H19IN4O. The van der Waals surface area contributed by atoms with Crippen molar-refractivity contribution in [1.29, 1.82) is 0 Å². The summed E-state index contributed by atoms with van der Waals surface area (Å²) in [6.45, 7) is 2.40. The second-order valence-electron chi connectivity index (χ2n) is 5.45. The summed E-state index contributed by atoms with van der Waals surface area (Å²) in [5.41, 5.74) is 7.89. The van der Waals surface area contributed by atoms with Crippen LogP contribution in [0.15, 0.2) is 18.2 Å². The number of likely N-dealkylation sites (tertiary alicyclic amines) is 1. The molecule has 0 aliphatic carbocycles. The van der Waals surface area contributed by atoms with E-state index >= 15 is 0 Å². The first-order valence-electron chi connectivity index (χ1n) is 7.34. The molecule has 5 nitrogen and oxygen atoms in total. The monoisotopic (exact) mass is 398 g/mol. The lowest BCUT2D eigenvalue weighted by Crippen LogP contribution is -2.36. The van der Waals surface area contributed by atoms with Crippen LogP contribution in [0.1, 0.15) is 25.7 Å². The predicted octanol–water partition coefficient (Wildman–Crippen LogP) is 2.63. The summed E-state index contributed by atoms with van der Waals surface area (Å²) >= 11 is 2.26. The van der Waals surface area contributed by atoms with Crippen LogP contribution in [0.5, 0.6) is 0 Å². The molecule has 0 unspecified atom stereocenters. The molecule has 6 heteroatoms. The summed E-state index contributed by atoms with van der Waals surface area (Å²) in [6, 6.07) is 6.06. The average Bonchev–Trinajstić information content (AvgIpc) is 2.80. The highest BCUT2D eigenvalue weighted by Crippen LogP contribution is 2.21. The Bertz CT molecular complexity index is 661. The Balaban J connectivity index is 1.72. The van der Waals surface area contributed by atoms with Crippen molar-refractivity contribution in [2.45, 2.75) is 32.2 Å². The zero-order valence-electron chi connectivity index (χ0n) is 11.9. The van der Waals surface area contributed by atoms with E-state index in [2.05, 4.69) is 27.6 Å². The first-order valence-corrected chi connectivity index (χ1v) is 8.42. The second-order valence-corrected chi connectivity index (χ2v) is 6.69. The third-order valence-electron chi connectivity index (χ3n) is 4.00. The minimum atomic E-state index is 0.224. The number of aromatic nitrogens is 2. The van der Waals surface area contributed by atoms with E-state index < -0.39 is 0 Å². The Kier molecular flexibility index (Phi) is 4.32. The van der Waals surface area contributed by atoms with Gasteiger partial charge in [0, 0.05) is 29.6 Å². The lowest BCUT2D eigenvalue weighted by Gasteiger charge is -2.26. The lowest BCUT2D eigenvalue weighted by molar-refractivity contribution is -0.132. The molecule has 0 bridgehead atoms. The van der Waals surface area contributed by atoms with Crippen LogP contribution in [0.2, 0.25) is 0 Å². The zero-order chi connectivity index (χ0) is 14.8. The van der Waals surface area contributed by atoms with Gasteiger partial charge < -0.3 is 15.2 Å². The number of halogens is 1. The number of piperidine rings is 1. The van der Waals surface area contributed by atoms with Crippen molar-refractivity contribution in [1.82, 2.24) is 14.5 Å². The number of carbonyl (C=O) groups is 1. The molecule has 0 radical (unpaired) electrons. The fourth-order valence-corrected chi connectivity index (χ4v) is 3.34. The number of nitrogens with two attached hydrogens (primary N) is 1. The molecule has 0 atom stereocenters. The smallest absolute Gasteiger partial charge is 0.224 e. The van der Waals surface area contributed by atoms with E-state index in [-0.39, 0.29) is 5.91 Å². The summed E-state index contributed by atoms with van der Waals surface area (Å²) in [7, 11) is 0. The predicted molar refractivity (Wildman–Crippen MR) is 91.9 cm³/mol. The molecule has 2 N–H and O–H groups in total. The molecule has 1 fully saturated rings. The van der Waals surface area contributed by atoms with Crippen molar-refractivity contribution >= 4 is 45.5 Å². The van der Waals surface area contributed by atoms with Gasteiger partial charge in [-0.1, -0.05) is 0 Å². The number of amides is 1. The number of imidazole rings is 1.